The van der Waals surface area contributed by atoms with E-state index in [1.807, 2.05) is 12.1 Å². The number of nitrogens with zero attached hydrogens (tertiary/aromatic N) is 2. The number of ether oxygens (including phenoxy) is 3. The van der Waals surface area contributed by atoms with Crippen LogP contribution in [0.15, 0.2) is 36.4 Å². The molecule has 2 aliphatic heterocycles. The zero-order chi connectivity index (χ0) is 19.1. The molecular weight excluding hydrogens is 400 g/mol. The van der Waals surface area contributed by atoms with Crippen molar-refractivity contribution in [2.75, 3.05) is 24.8 Å². The molecule has 2 aliphatic rings. The van der Waals surface area contributed by atoms with E-state index in [-0.39, 0.29) is 18.8 Å². The van der Waals surface area contributed by atoms with Crippen LogP contribution in [-0.2, 0) is 4.74 Å². The Labute approximate surface area is 170 Å². The monoisotopic (exact) mass is 416 g/mol. The van der Waals surface area contributed by atoms with Gasteiger partial charge in [-0.1, -0.05) is 22.9 Å². The first-order chi connectivity index (χ1) is 13.7. The molecule has 3 heterocycles. The van der Waals surface area contributed by atoms with Gasteiger partial charge in [0.1, 0.15) is 0 Å². The summed E-state index contributed by atoms with van der Waals surface area (Å²) in [6, 6.07) is 10.8. The number of amides is 1. The van der Waals surface area contributed by atoms with E-state index >= 15 is 0 Å². The van der Waals surface area contributed by atoms with Gasteiger partial charge in [-0.15, -0.1) is 0 Å². The van der Waals surface area contributed by atoms with Gasteiger partial charge in [0.15, 0.2) is 16.6 Å². The van der Waals surface area contributed by atoms with Gasteiger partial charge in [-0.25, -0.2) is 4.98 Å². The van der Waals surface area contributed by atoms with Crippen LogP contribution in [0.5, 0.6) is 11.5 Å². The number of carbonyl (C=O) groups is 1. The van der Waals surface area contributed by atoms with Gasteiger partial charge < -0.3 is 14.2 Å². The summed E-state index contributed by atoms with van der Waals surface area (Å²) in [5.74, 6) is 1.09. The molecule has 0 saturated carbocycles. The third-order valence-corrected chi connectivity index (χ3v) is 6.12. The maximum absolute atomic E-state index is 13.4. The number of hydrogen-bond donors (Lipinski definition) is 0. The number of rotatable bonds is 4. The molecule has 0 aliphatic carbocycles. The Morgan fingerprint density at radius 1 is 1.21 bits per heavy atom. The minimum absolute atomic E-state index is 0.00793. The fourth-order valence-corrected chi connectivity index (χ4v) is 4.68. The van der Waals surface area contributed by atoms with Gasteiger partial charge in [0.2, 0.25) is 6.79 Å². The molecule has 0 spiro atoms. The highest BCUT2D eigenvalue weighted by molar-refractivity contribution is 7.22. The number of fused-ring (bicyclic) bond motifs is 2. The SMILES string of the molecule is O=C(c1ccc2c(c1)OCO2)N(CC1CCCO1)c1nc2ccc(Cl)cc2s1. The number of benzene rings is 2. The van der Waals surface area contributed by atoms with Crippen molar-refractivity contribution < 1.29 is 19.0 Å². The van der Waals surface area contributed by atoms with Gasteiger partial charge in [0, 0.05) is 17.2 Å². The summed E-state index contributed by atoms with van der Waals surface area (Å²) in [5, 5.41) is 1.28. The molecular formula is C20H17ClN2O4S. The average Bonchev–Trinajstić information content (AvgIpc) is 3.44. The van der Waals surface area contributed by atoms with E-state index in [1.54, 1.807) is 29.2 Å². The molecule has 1 aromatic heterocycles. The van der Waals surface area contributed by atoms with E-state index in [2.05, 4.69) is 4.98 Å². The van der Waals surface area contributed by atoms with Crippen LogP contribution in [-0.4, -0.2) is 36.9 Å². The predicted octanol–water partition coefficient (Wildman–Crippen LogP) is 4.50. The number of thiazole rings is 1. The highest BCUT2D eigenvalue weighted by atomic mass is 35.5. The maximum atomic E-state index is 13.4. The molecule has 0 bridgehead atoms. The molecule has 6 nitrogen and oxygen atoms in total. The Bertz CT molecular complexity index is 1050. The molecule has 3 aromatic rings. The van der Waals surface area contributed by atoms with Gasteiger partial charge in [-0.2, -0.15) is 0 Å². The molecule has 1 saturated heterocycles. The Kier molecular flexibility index (Phi) is 4.58. The number of carbonyl (C=O) groups excluding carboxylic acids is 1. The van der Waals surface area contributed by atoms with Gasteiger partial charge in [-0.3, -0.25) is 9.69 Å². The number of hydrogen-bond acceptors (Lipinski definition) is 6. The topological polar surface area (TPSA) is 60.9 Å². The molecule has 2 aromatic carbocycles. The van der Waals surface area contributed by atoms with Crippen LogP contribution < -0.4 is 14.4 Å². The summed E-state index contributed by atoms with van der Waals surface area (Å²) in [5.41, 5.74) is 1.35. The molecule has 5 rings (SSSR count). The quantitative estimate of drug-likeness (QED) is 0.626. The minimum Gasteiger partial charge on any atom is -0.454 e. The summed E-state index contributed by atoms with van der Waals surface area (Å²) in [7, 11) is 0. The predicted molar refractivity (Wildman–Crippen MR) is 108 cm³/mol. The number of anilines is 1. The van der Waals surface area contributed by atoms with Crippen molar-refractivity contribution in [3.05, 3.63) is 47.0 Å². The summed E-state index contributed by atoms with van der Waals surface area (Å²) in [6.45, 7) is 1.36. The lowest BCUT2D eigenvalue weighted by atomic mass is 10.1. The standard InChI is InChI=1S/C20H17ClN2O4S/c21-13-4-5-15-18(9-13)28-20(22-15)23(10-14-2-1-7-25-14)19(24)12-3-6-16-17(8-12)27-11-26-16/h3-6,8-9,14H,1-2,7,10-11H2. The maximum Gasteiger partial charge on any atom is 0.260 e. The Morgan fingerprint density at radius 2 is 2.11 bits per heavy atom. The van der Waals surface area contributed by atoms with Crippen molar-refractivity contribution in [2.45, 2.75) is 18.9 Å². The zero-order valence-electron chi connectivity index (χ0n) is 14.9. The van der Waals surface area contributed by atoms with E-state index in [0.717, 1.165) is 29.7 Å². The lowest BCUT2D eigenvalue weighted by Crippen LogP contribution is -2.37. The Balaban J connectivity index is 1.52. The van der Waals surface area contributed by atoms with E-state index < -0.39 is 0 Å². The second-order valence-electron chi connectivity index (χ2n) is 6.73. The lowest BCUT2D eigenvalue weighted by Gasteiger charge is -2.23. The smallest absolute Gasteiger partial charge is 0.260 e. The molecule has 0 N–H and O–H groups in total. The number of halogens is 1. The Hall–Kier alpha value is -2.35. The highest BCUT2D eigenvalue weighted by Gasteiger charge is 2.28. The van der Waals surface area contributed by atoms with Crippen LogP contribution in [0.25, 0.3) is 10.2 Å². The molecule has 1 atom stereocenters. The van der Waals surface area contributed by atoms with E-state index in [4.69, 9.17) is 25.8 Å². The van der Waals surface area contributed by atoms with Crippen molar-refractivity contribution in [3.8, 4) is 11.5 Å². The second-order valence-corrected chi connectivity index (χ2v) is 8.17. The Morgan fingerprint density at radius 3 is 2.96 bits per heavy atom. The van der Waals surface area contributed by atoms with Crippen molar-refractivity contribution >= 4 is 44.2 Å². The minimum atomic E-state index is -0.140. The fraction of sp³-hybridized carbons (Fsp3) is 0.300. The van der Waals surface area contributed by atoms with Crippen LogP contribution in [0, 0.1) is 0 Å². The third-order valence-electron chi connectivity index (χ3n) is 4.84. The largest absolute Gasteiger partial charge is 0.454 e. The van der Waals surface area contributed by atoms with Crippen LogP contribution in [0.3, 0.4) is 0 Å². The normalized spacial score (nSPS) is 18.0. The van der Waals surface area contributed by atoms with Crippen molar-refractivity contribution in [3.63, 3.8) is 0 Å². The summed E-state index contributed by atoms with van der Waals surface area (Å²) >= 11 is 7.56. The average molecular weight is 417 g/mol. The van der Waals surface area contributed by atoms with E-state index in [1.165, 1.54) is 11.3 Å². The zero-order valence-corrected chi connectivity index (χ0v) is 16.5. The highest BCUT2D eigenvalue weighted by Crippen LogP contribution is 2.35. The van der Waals surface area contributed by atoms with Crippen molar-refractivity contribution in [2.24, 2.45) is 0 Å². The van der Waals surface area contributed by atoms with E-state index in [0.29, 0.717) is 33.8 Å². The van der Waals surface area contributed by atoms with Crippen LogP contribution in [0.2, 0.25) is 5.02 Å². The second kappa shape index (κ2) is 7.24. The number of aromatic nitrogens is 1. The lowest BCUT2D eigenvalue weighted by molar-refractivity contribution is 0.0917. The van der Waals surface area contributed by atoms with Crippen LogP contribution >= 0.6 is 22.9 Å². The molecule has 1 unspecified atom stereocenters. The molecule has 8 heteroatoms. The van der Waals surface area contributed by atoms with Gasteiger partial charge in [0.25, 0.3) is 5.91 Å². The third kappa shape index (κ3) is 3.30. The summed E-state index contributed by atoms with van der Waals surface area (Å²) < 4.78 is 17.5. The first kappa shape index (κ1) is 17.7. The molecule has 144 valence electrons. The summed E-state index contributed by atoms with van der Waals surface area (Å²) in [6.07, 6.45) is 1.95. The van der Waals surface area contributed by atoms with E-state index in [9.17, 15) is 4.79 Å². The molecule has 1 amide bonds. The van der Waals surface area contributed by atoms with Crippen molar-refractivity contribution in [1.82, 2.24) is 4.98 Å². The van der Waals surface area contributed by atoms with Gasteiger partial charge >= 0.3 is 0 Å². The van der Waals surface area contributed by atoms with Crippen LogP contribution in [0.1, 0.15) is 23.2 Å². The van der Waals surface area contributed by atoms with Gasteiger partial charge in [-0.05, 0) is 49.2 Å². The molecule has 28 heavy (non-hydrogen) atoms. The molecule has 0 radical (unpaired) electrons. The van der Waals surface area contributed by atoms with Gasteiger partial charge in [0.05, 0.1) is 22.9 Å². The fourth-order valence-electron chi connectivity index (χ4n) is 3.43. The first-order valence-electron chi connectivity index (χ1n) is 9.06. The first-order valence-corrected chi connectivity index (χ1v) is 10.3. The van der Waals surface area contributed by atoms with Crippen LogP contribution in [0.4, 0.5) is 5.13 Å². The molecule has 1 fully saturated rings. The summed E-state index contributed by atoms with van der Waals surface area (Å²) in [4.78, 5) is 19.8. The van der Waals surface area contributed by atoms with Crippen molar-refractivity contribution in [1.29, 1.82) is 0 Å².